The summed E-state index contributed by atoms with van der Waals surface area (Å²) >= 11 is 0. The normalized spacial score (nSPS) is 23.0. The van der Waals surface area contributed by atoms with E-state index in [9.17, 15) is 18.8 Å². The van der Waals surface area contributed by atoms with Crippen molar-refractivity contribution in [2.45, 2.75) is 57.5 Å². The second kappa shape index (κ2) is 7.68. The summed E-state index contributed by atoms with van der Waals surface area (Å²) in [6.07, 6.45) is 5.79. The van der Waals surface area contributed by atoms with Gasteiger partial charge >= 0.3 is 6.03 Å². The maximum Gasteiger partial charge on any atom is 0.325 e. The molecule has 4 amide bonds. The molecule has 9 nitrogen and oxygen atoms in total. The first kappa shape index (κ1) is 20.6. The highest BCUT2D eigenvalue weighted by atomic mass is 19.1. The number of aromatic nitrogens is 3. The molecular formula is C22H25FN6O3. The summed E-state index contributed by atoms with van der Waals surface area (Å²) in [7, 11) is 0. The molecule has 2 aromatic rings. The molecule has 2 N–H and O–H groups in total. The Hall–Kier alpha value is -3.30. The smallest absolute Gasteiger partial charge is 0.323 e. The number of hydrogen-bond acceptors (Lipinski definition) is 5. The van der Waals surface area contributed by atoms with Gasteiger partial charge in [0.25, 0.3) is 5.91 Å². The lowest BCUT2D eigenvalue weighted by atomic mass is 9.96. The third kappa shape index (κ3) is 3.53. The number of rotatable bonds is 5. The maximum atomic E-state index is 14.5. The lowest BCUT2D eigenvalue weighted by Gasteiger charge is -2.20. The van der Waals surface area contributed by atoms with Crippen molar-refractivity contribution in [1.82, 2.24) is 25.0 Å². The van der Waals surface area contributed by atoms with Gasteiger partial charge in [0.05, 0.1) is 5.69 Å². The minimum absolute atomic E-state index is 0.0320. The van der Waals surface area contributed by atoms with E-state index in [0.717, 1.165) is 55.8 Å². The van der Waals surface area contributed by atoms with Crippen molar-refractivity contribution in [1.29, 1.82) is 0 Å². The average molecular weight is 440 g/mol. The van der Waals surface area contributed by atoms with E-state index in [1.807, 2.05) is 4.57 Å². The standard InChI is InChI=1S/C22H25FN6O3/c1-22(14-7-8-14)20(31)29(21(32)25-22)12-18(30)24-16-11-13(6-9-15(16)23)19-27-26-17-5-3-2-4-10-28(17)19/h6,9,11,14H,2-5,7-8,10,12H2,1H3,(H,24,30)(H,25,32). The number of hydrogen-bond donors (Lipinski definition) is 2. The van der Waals surface area contributed by atoms with Gasteiger partial charge < -0.3 is 15.2 Å². The summed E-state index contributed by atoms with van der Waals surface area (Å²) in [6.45, 7) is 2.01. The number of amides is 4. The van der Waals surface area contributed by atoms with Gasteiger partial charge in [0.1, 0.15) is 23.7 Å². The molecule has 0 spiro atoms. The number of imide groups is 1. The van der Waals surface area contributed by atoms with E-state index in [2.05, 4.69) is 20.8 Å². The van der Waals surface area contributed by atoms with Gasteiger partial charge in [-0.2, -0.15) is 0 Å². The highest BCUT2D eigenvalue weighted by molar-refractivity contribution is 6.10. The first-order valence-electron chi connectivity index (χ1n) is 11.0. The Morgan fingerprint density at radius 3 is 2.84 bits per heavy atom. The average Bonchev–Trinajstić information content (AvgIpc) is 3.55. The fourth-order valence-electron chi connectivity index (χ4n) is 4.59. The number of aryl methyl sites for hydroxylation is 1. The summed E-state index contributed by atoms with van der Waals surface area (Å²) < 4.78 is 16.5. The number of halogens is 1. The Morgan fingerprint density at radius 2 is 2.06 bits per heavy atom. The van der Waals surface area contributed by atoms with Gasteiger partial charge in [0, 0.05) is 18.5 Å². The van der Waals surface area contributed by atoms with Crippen molar-refractivity contribution in [2.24, 2.45) is 5.92 Å². The molecule has 1 unspecified atom stereocenters. The quantitative estimate of drug-likeness (QED) is 0.695. The first-order valence-corrected chi connectivity index (χ1v) is 11.0. The molecule has 1 aromatic carbocycles. The number of anilines is 1. The van der Waals surface area contributed by atoms with Crippen LogP contribution in [0.25, 0.3) is 11.4 Å². The lowest BCUT2D eigenvalue weighted by molar-refractivity contribution is -0.134. The Bertz CT molecular complexity index is 1110. The molecule has 2 fully saturated rings. The van der Waals surface area contributed by atoms with Crippen LogP contribution in [0.2, 0.25) is 0 Å². The molecule has 3 heterocycles. The van der Waals surface area contributed by atoms with Gasteiger partial charge in [0.2, 0.25) is 5.91 Å². The molecule has 5 rings (SSSR count). The molecule has 1 saturated carbocycles. The van der Waals surface area contributed by atoms with Crippen molar-refractivity contribution in [3.63, 3.8) is 0 Å². The number of urea groups is 1. The Kier molecular flexibility index (Phi) is 4.94. The summed E-state index contributed by atoms with van der Waals surface area (Å²) in [6, 6.07) is 3.78. The second-order valence-corrected chi connectivity index (χ2v) is 8.94. The van der Waals surface area contributed by atoms with Gasteiger partial charge in [-0.1, -0.05) is 6.42 Å². The van der Waals surface area contributed by atoms with Gasteiger partial charge in [-0.25, -0.2) is 9.18 Å². The molecule has 32 heavy (non-hydrogen) atoms. The summed E-state index contributed by atoms with van der Waals surface area (Å²) in [4.78, 5) is 38.5. The topological polar surface area (TPSA) is 109 Å². The zero-order valence-corrected chi connectivity index (χ0v) is 17.9. The molecule has 0 bridgehead atoms. The number of nitrogens with zero attached hydrogens (tertiary/aromatic N) is 4. The number of benzene rings is 1. The summed E-state index contributed by atoms with van der Waals surface area (Å²) in [5, 5.41) is 13.7. The lowest BCUT2D eigenvalue weighted by Crippen LogP contribution is -2.46. The molecular weight excluding hydrogens is 415 g/mol. The van der Waals surface area contributed by atoms with Crippen LogP contribution in [-0.2, 0) is 22.6 Å². The number of carbonyl (C=O) groups excluding carboxylic acids is 3. The van der Waals surface area contributed by atoms with Crippen LogP contribution in [0.5, 0.6) is 0 Å². The number of fused-ring (bicyclic) bond motifs is 1. The first-order chi connectivity index (χ1) is 15.4. The Morgan fingerprint density at radius 1 is 1.25 bits per heavy atom. The third-order valence-electron chi connectivity index (χ3n) is 6.60. The number of carbonyl (C=O) groups is 3. The van der Waals surface area contributed by atoms with Crippen LogP contribution in [0.3, 0.4) is 0 Å². The van der Waals surface area contributed by atoms with E-state index in [4.69, 9.17) is 0 Å². The van der Waals surface area contributed by atoms with E-state index in [1.165, 1.54) is 12.1 Å². The van der Waals surface area contributed by atoms with Crippen molar-refractivity contribution < 1.29 is 18.8 Å². The van der Waals surface area contributed by atoms with Gasteiger partial charge in [-0.15, -0.1) is 10.2 Å². The fraction of sp³-hybridized carbons (Fsp3) is 0.500. The minimum Gasteiger partial charge on any atom is -0.323 e. The van der Waals surface area contributed by atoms with Gasteiger partial charge in [-0.05, 0) is 56.7 Å². The molecule has 3 aliphatic rings. The van der Waals surface area contributed by atoms with Crippen LogP contribution in [0.4, 0.5) is 14.9 Å². The third-order valence-corrected chi connectivity index (χ3v) is 6.60. The minimum atomic E-state index is -0.964. The fourth-order valence-corrected chi connectivity index (χ4v) is 4.59. The van der Waals surface area contributed by atoms with E-state index in [0.29, 0.717) is 11.4 Å². The SMILES string of the molecule is CC1(C2CC2)NC(=O)N(CC(=O)Nc2cc(-c3nnc4n3CCCCC4)ccc2F)C1=O. The van der Waals surface area contributed by atoms with Crippen LogP contribution >= 0.6 is 0 Å². The second-order valence-electron chi connectivity index (χ2n) is 8.94. The zero-order valence-electron chi connectivity index (χ0n) is 17.9. The van der Waals surface area contributed by atoms with Crippen molar-refractivity contribution >= 4 is 23.5 Å². The Labute approximate surface area is 184 Å². The van der Waals surface area contributed by atoms with E-state index >= 15 is 0 Å². The van der Waals surface area contributed by atoms with Gasteiger partial charge in [-0.3, -0.25) is 14.5 Å². The molecule has 1 aromatic heterocycles. The van der Waals surface area contributed by atoms with Crippen molar-refractivity contribution in [3.05, 3.63) is 29.8 Å². The largest absolute Gasteiger partial charge is 0.325 e. The van der Waals surface area contributed by atoms with E-state index < -0.39 is 35.7 Å². The van der Waals surface area contributed by atoms with Crippen LogP contribution in [0.15, 0.2) is 18.2 Å². The van der Waals surface area contributed by atoms with Crippen LogP contribution in [0, 0.1) is 11.7 Å². The summed E-state index contributed by atoms with van der Waals surface area (Å²) in [5.74, 6) is -0.0429. The molecule has 1 atom stereocenters. The molecule has 168 valence electrons. The molecule has 1 aliphatic carbocycles. The predicted octanol–water partition coefficient (Wildman–Crippen LogP) is 2.47. The van der Waals surface area contributed by atoms with Crippen molar-refractivity contribution in [3.8, 4) is 11.4 Å². The van der Waals surface area contributed by atoms with Gasteiger partial charge in [0.15, 0.2) is 5.82 Å². The van der Waals surface area contributed by atoms with Crippen molar-refractivity contribution in [2.75, 3.05) is 11.9 Å². The molecule has 10 heteroatoms. The summed E-state index contributed by atoms with van der Waals surface area (Å²) in [5.41, 5.74) is -0.359. The monoisotopic (exact) mass is 440 g/mol. The van der Waals surface area contributed by atoms with E-state index in [1.54, 1.807) is 13.0 Å². The van der Waals surface area contributed by atoms with Crippen LogP contribution < -0.4 is 10.6 Å². The highest BCUT2D eigenvalue weighted by Gasteiger charge is 2.56. The van der Waals surface area contributed by atoms with Crippen LogP contribution in [-0.4, -0.2) is 49.6 Å². The highest BCUT2D eigenvalue weighted by Crippen LogP contribution is 2.42. The Balaban J connectivity index is 1.33. The maximum absolute atomic E-state index is 14.5. The number of nitrogens with one attached hydrogen (secondary N) is 2. The molecule has 0 radical (unpaired) electrons. The van der Waals surface area contributed by atoms with E-state index in [-0.39, 0.29) is 11.6 Å². The van der Waals surface area contributed by atoms with Crippen LogP contribution in [0.1, 0.15) is 44.9 Å². The zero-order chi connectivity index (χ0) is 22.5. The molecule has 1 saturated heterocycles. The predicted molar refractivity (Wildman–Crippen MR) is 113 cm³/mol. The molecule has 2 aliphatic heterocycles.